The Bertz CT molecular complexity index is 387. The van der Waals surface area contributed by atoms with Crippen LogP contribution < -0.4 is 10.6 Å². The fraction of sp³-hybridized carbons (Fsp3) is 0.692. The standard InChI is InChI=1S/C13H23N3O2.ClH/c1-8(7-14-5)13(17)15-9(2)6-12-10(3)16-18-11(12)4;/h8-9,14H,6-7H2,1-5H3,(H,15,17);1H. The van der Waals surface area contributed by atoms with Crippen molar-refractivity contribution in [1.82, 2.24) is 15.8 Å². The molecule has 0 aliphatic heterocycles. The zero-order valence-corrected chi connectivity index (χ0v) is 13.1. The molecule has 0 aromatic carbocycles. The van der Waals surface area contributed by atoms with Crippen molar-refractivity contribution >= 4 is 18.3 Å². The molecule has 19 heavy (non-hydrogen) atoms. The van der Waals surface area contributed by atoms with E-state index in [1.165, 1.54) is 0 Å². The Morgan fingerprint density at radius 1 is 1.37 bits per heavy atom. The minimum atomic E-state index is -0.0258. The highest BCUT2D eigenvalue weighted by atomic mass is 35.5. The van der Waals surface area contributed by atoms with Crippen LogP contribution in [0.15, 0.2) is 4.52 Å². The minimum Gasteiger partial charge on any atom is -0.361 e. The Balaban J connectivity index is 0.00000324. The quantitative estimate of drug-likeness (QED) is 0.835. The van der Waals surface area contributed by atoms with Gasteiger partial charge in [-0.25, -0.2) is 0 Å². The van der Waals surface area contributed by atoms with Gasteiger partial charge >= 0.3 is 0 Å². The first kappa shape index (κ1) is 17.9. The van der Waals surface area contributed by atoms with E-state index < -0.39 is 0 Å². The summed E-state index contributed by atoms with van der Waals surface area (Å²) in [4.78, 5) is 11.9. The molecular weight excluding hydrogens is 266 g/mol. The minimum absolute atomic E-state index is 0. The topological polar surface area (TPSA) is 67.2 Å². The molecule has 1 aromatic heterocycles. The molecule has 2 N–H and O–H groups in total. The fourth-order valence-electron chi connectivity index (χ4n) is 1.93. The summed E-state index contributed by atoms with van der Waals surface area (Å²) in [5.74, 6) is 0.877. The maximum atomic E-state index is 11.9. The SMILES string of the molecule is CNCC(C)C(=O)NC(C)Cc1c(C)noc1C.Cl. The molecule has 5 nitrogen and oxygen atoms in total. The van der Waals surface area contributed by atoms with Gasteiger partial charge < -0.3 is 15.2 Å². The zero-order valence-electron chi connectivity index (χ0n) is 12.2. The molecule has 110 valence electrons. The van der Waals surface area contributed by atoms with Gasteiger partial charge in [0.15, 0.2) is 0 Å². The highest BCUT2D eigenvalue weighted by molar-refractivity contribution is 5.85. The van der Waals surface area contributed by atoms with Crippen LogP contribution in [0.25, 0.3) is 0 Å². The van der Waals surface area contributed by atoms with Gasteiger partial charge in [0.05, 0.1) is 5.69 Å². The van der Waals surface area contributed by atoms with E-state index in [0.717, 1.165) is 23.4 Å². The van der Waals surface area contributed by atoms with Crippen molar-refractivity contribution in [2.24, 2.45) is 5.92 Å². The lowest BCUT2D eigenvalue weighted by atomic mass is 10.0. The molecule has 0 radical (unpaired) electrons. The van der Waals surface area contributed by atoms with Gasteiger partial charge in [-0.2, -0.15) is 0 Å². The lowest BCUT2D eigenvalue weighted by Crippen LogP contribution is -2.40. The Hall–Kier alpha value is -1.07. The maximum absolute atomic E-state index is 11.9. The summed E-state index contributed by atoms with van der Waals surface area (Å²) < 4.78 is 5.11. The monoisotopic (exact) mass is 289 g/mol. The second kappa shape index (κ2) is 8.17. The molecule has 0 spiro atoms. The molecule has 1 rings (SSSR count). The normalized spacial score (nSPS) is 13.5. The second-order valence-corrected chi connectivity index (χ2v) is 4.88. The van der Waals surface area contributed by atoms with Crippen molar-refractivity contribution in [3.63, 3.8) is 0 Å². The predicted octanol–water partition coefficient (Wildman–Crippen LogP) is 1.62. The number of carbonyl (C=O) groups is 1. The zero-order chi connectivity index (χ0) is 13.7. The van der Waals surface area contributed by atoms with E-state index in [1.807, 2.05) is 34.7 Å². The van der Waals surface area contributed by atoms with E-state index in [9.17, 15) is 4.79 Å². The average Bonchev–Trinajstić information content (AvgIpc) is 2.61. The van der Waals surface area contributed by atoms with Gasteiger partial charge in [0.25, 0.3) is 0 Å². The molecule has 1 heterocycles. The summed E-state index contributed by atoms with van der Waals surface area (Å²) in [6.07, 6.45) is 0.749. The number of rotatable bonds is 6. The first-order chi connectivity index (χ1) is 8.45. The van der Waals surface area contributed by atoms with Crippen molar-refractivity contribution in [2.75, 3.05) is 13.6 Å². The van der Waals surface area contributed by atoms with Crippen LogP contribution in [-0.4, -0.2) is 30.7 Å². The van der Waals surface area contributed by atoms with E-state index in [1.54, 1.807) is 0 Å². The van der Waals surface area contributed by atoms with Crippen molar-refractivity contribution in [3.8, 4) is 0 Å². The average molecular weight is 290 g/mol. The molecule has 0 aliphatic carbocycles. The van der Waals surface area contributed by atoms with Gasteiger partial charge in [0.2, 0.25) is 5.91 Å². The molecule has 0 fully saturated rings. The largest absolute Gasteiger partial charge is 0.361 e. The molecule has 0 saturated carbocycles. The van der Waals surface area contributed by atoms with E-state index >= 15 is 0 Å². The molecule has 1 aromatic rings. The molecule has 6 heteroatoms. The Kier molecular flexibility index (Phi) is 7.71. The number of aryl methyl sites for hydroxylation is 2. The molecule has 0 aliphatic rings. The summed E-state index contributed by atoms with van der Waals surface area (Å²) >= 11 is 0. The smallest absolute Gasteiger partial charge is 0.224 e. The van der Waals surface area contributed by atoms with Crippen LogP contribution in [-0.2, 0) is 11.2 Å². The number of hydrogen-bond acceptors (Lipinski definition) is 4. The van der Waals surface area contributed by atoms with Crippen LogP contribution in [0.1, 0.15) is 30.9 Å². The number of nitrogens with one attached hydrogen (secondary N) is 2. The Morgan fingerprint density at radius 3 is 2.47 bits per heavy atom. The van der Waals surface area contributed by atoms with Gasteiger partial charge in [-0.1, -0.05) is 12.1 Å². The molecular formula is C13H24ClN3O2. The molecule has 0 bridgehead atoms. The van der Waals surface area contributed by atoms with Crippen LogP contribution >= 0.6 is 12.4 Å². The van der Waals surface area contributed by atoms with Crippen molar-refractivity contribution in [2.45, 2.75) is 40.2 Å². The van der Waals surface area contributed by atoms with Crippen LogP contribution in [0.4, 0.5) is 0 Å². The van der Waals surface area contributed by atoms with Crippen LogP contribution in [0, 0.1) is 19.8 Å². The fourth-order valence-corrected chi connectivity index (χ4v) is 1.93. The maximum Gasteiger partial charge on any atom is 0.224 e. The van der Waals surface area contributed by atoms with Crippen molar-refractivity contribution < 1.29 is 9.32 Å². The number of carbonyl (C=O) groups excluding carboxylic acids is 1. The van der Waals surface area contributed by atoms with Crippen LogP contribution in [0.2, 0.25) is 0 Å². The Morgan fingerprint density at radius 2 is 2.00 bits per heavy atom. The molecule has 1 amide bonds. The van der Waals surface area contributed by atoms with Gasteiger partial charge in [-0.15, -0.1) is 12.4 Å². The second-order valence-electron chi connectivity index (χ2n) is 4.88. The third-order valence-electron chi connectivity index (χ3n) is 3.04. The van der Waals surface area contributed by atoms with E-state index in [0.29, 0.717) is 6.54 Å². The number of nitrogens with zero attached hydrogens (tertiary/aromatic N) is 1. The number of aromatic nitrogens is 1. The summed E-state index contributed by atoms with van der Waals surface area (Å²) in [7, 11) is 1.84. The lowest BCUT2D eigenvalue weighted by molar-refractivity contribution is -0.124. The first-order valence-corrected chi connectivity index (χ1v) is 6.32. The highest BCUT2D eigenvalue weighted by Crippen LogP contribution is 2.14. The van der Waals surface area contributed by atoms with Crippen molar-refractivity contribution in [3.05, 3.63) is 17.0 Å². The van der Waals surface area contributed by atoms with Gasteiger partial charge in [0.1, 0.15) is 5.76 Å². The molecule has 2 unspecified atom stereocenters. The van der Waals surface area contributed by atoms with Gasteiger partial charge in [-0.3, -0.25) is 4.79 Å². The third kappa shape index (κ3) is 5.20. The van der Waals surface area contributed by atoms with E-state index in [4.69, 9.17) is 4.52 Å². The summed E-state index contributed by atoms with van der Waals surface area (Å²) in [5, 5.41) is 9.92. The molecule has 2 atom stereocenters. The lowest BCUT2D eigenvalue weighted by Gasteiger charge is -2.17. The Labute approximate surface area is 120 Å². The summed E-state index contributed by atoms with van der Waals surface area (Å²) in [6.45, 7) is 8.41. The van der Waals surface area contributed by atoms with Crippen LogP contribution in [0.3, 0.4) is 0 Å². The third-order valence-corrected chi connectivity index (χ3v) is 3.04. The molecule has 0 saturated heterocycles. The van der Waals surface area contributed by atoms with Gasteiger partial charge in [-0.05, 0) is 34.2 Å². The van der Waals surface area contributed by atoms with E-state index in [2.05, 4.69) is 15.8 Å². The van der Waals surface area contributed by atoms with E-state index in [-0.39, 0.29) is 30.3 Å². The summed E-state index contributed by atoms with van der Waals surface area (Å²) in [5.41, 5.74) is 1.99. The van der Waals surface area contributed by atoms with Gasteiger partial charge in [0, 0.05) is 24.1 Å². The van der Waals surface area contributed by atoms with Crippen LogP contribution in [0.5, 0.6) is 0 Å². The highest BCUT2D eigenvalue weighted by Gasteiger charge is 2.17. The first-order valence-electron chi connectivity index (χ1n) is 6.32. The number of halogens is 1. The predicted molar refractivity (Wildman–Crippen MR) is 77.6 cm³/mol. The number of amides is 1. The van der Waals surface area contributed by atoms with Crippen molar-refractivity contribution in [1.29, 1.82) is 0 Å². The summed E-state index contributed by atoms with van der Waals surface area (Å²) in [6, 6.07) is 0.0774. The number of hydrogen-bond donors (Lipinski definition) is 2.